The SMILES string of the molecule is [C-]#[N+]c1ccc([C@H](C)N2C(=O)[C@H]3C[C@@H]2CN3C[C@H](NC(=O)OC(C)(C)C)C(=O)N2CCC[C@H]2C#N)cc1. The molecule has 4 rings (SSSR count). The van der Waals surface area contributed by atoms with E-state index >= 15 is 0 Å². The Balaban J connectivity index is 1.47. The predicted molar refractivity (Wildman–Crippen MR) is 135 cm³/mol. The van der Waals surface area contributed by atoms with Gasteiger partial charge in [-0.3, -0.25) is 14.5 Å². The minimum Gasteiger partial charge on any atom is -0.444 e. The third-order valence-corrected chi connectivity index (χ3v) is 7.33. The molecule has 3 amide bonds. The van der Waals surface area contributed by atoms with Crippen molar-refractivity contribution in [3.05, 3.63) is 41.2 Å². The van der Waals surface area contributed by atoms with E-state index in [9.17, 15) is 19.6 Å². The Labute approximate surface area is 218 Å². The van der Waals surface area contributed by atoms with Gasteiger partial charge >= 0.3 is 6.09 Å². The number of benzene rings is 1. The maximum absolute atomic E-state index is 13.5. The summed E-state index contributed by atoms with van der Waals surface area (Å²) >= 11 is 0. The first-order chi connectivity index (χ1) is 17.5. The molecule has 1 aromatic carbocycles. The van der Waals surface area contributed by atoms with Crippen LogP contribution >= 0.6 is 0 Å². The van der Waals surface area contributed by atoms with Crippen LogP contribution in [0.15, 0.2) is 24.3 Å². The number of hydrogen-bond donors (Lipinski definition) is 1. The summed E-state index contributed by atoms with van der Waals surface area (Å²) in [6.07, 6.45) is 1.30. The number of carbonyl (C=O) groups excluding carboxylic acids is 3. The summed E-state index contributed by atoms with van der Waals surface area (Å²) in [5.41, 5.74) is 0.796. The molecule has 1 N–H and O–H groups in total. The highest BCUT2D eigenvalue weighted by molar-refractivity contribution is 5.88. The average molecular weight is 507 g/mol. The molecule has 0 radical (unpaired) electrons. The van der Waals surface area contributed by atoms with Crippen LogP contribution in [-0.2, 0) is 14.3 Å². The number of carbonyl (C=O) groups is 3. The number of rotatable bonds is 6. The third-order valence-electron chi connectivity index (χ3n) is 7.33. The topological polar surface area (TPSA) is 110 Å². The number of ether oxygens (including phenoxy) is 1. The quantitative estimate of drug-likeness (QED) is 0.594. The van der Waals surface area contributed by atoms with Gasteiger partial charge in [-0.15, -0.1) is 0 Å². The molecule has 10 heteroatoms. The lowest BCUT2D eigenvalue weighted by molar-refractivity contribution is -0.141. The van der Waals surface area contributed by atoms with Crippen LogP contribution in [0, 0.1) is 17.9 Å². The van der Waals surface area contributed by atoms with Crippen molar-refractivity contribution >= 4 is 23.6 Å². The number of amides is 3. The molecule has 196 valence electrons. The van der Waals surface area contributed by atoms with Crippen molar-refractivity contribution < 1.29 is 19.1 Å². The van der Waals surface area contributed by atoms with E-state index in [4.69, 9.17) is 11.3 Å². The fourth-order valence-electron chi connectivity index (χ4n) is 5.62. The number of nitrogens with zero attached hydrogens (tertiary/aromatic N) is 5. The van der Waals surface area contributed by atoms with Crippen molar-refractivity contribution in [1.29, 1.82) is 5.26 Å². The predicted octanol–water partition coefficient (Wildman–Crippen LogP) is 2.99. The minimum absolute atomic E-state index is 0.00227. The van der Waals surface area contributed by atoms with Gasteiger partial charge in [-0.1, -0.05) is 24.3 Å². The van der Waals surface area contributed by atoms with Gasteiger partial charge in [0.25, 0.3) is 0 Å². The standard InChI is InChI=1S/C27H34N6O4/c1-17(18-8-10-19(29-5)11-9-18)33-21-13-23(25(33)35)31(15-21)16-22(30-26(36)37-27(2,3)4)24(34)32-12-6-7-20(32)14-28/h8-11,17,20-23H,6-7,12-13,15-16H2,1-4H3,(H,30,36)/t17-,20-,21+,22-,23+/m0/s1. The molecule has 3 aliphatic rings. The molecule has 3 saturated heterocycles. The van der Waals surface area contributed by atoms with Crippen molar-refractivity contribution in [2.24, 2.45) is 0 Å². The highest BCUT2D eigenvalue weighted by Gasteiger charge is 2.52. The summed E-state index contributed by atoms with van der Waals surface area (Å²) in [6.45, 7) is 15.6. The molecule has 37 heavy (non-hydrogen) atoms. The highest BCUT2D eigenvalue weighted by Crippen LogP contribution is 2.38. The molecule has 2 bridgehead atoms. The number of alkyl carbamates (subject to hydrolysis) is 1. The van der Waals surface area contributed by atoms with Gasteiger partial charge in [0.2, 0.25) is 11.8 Å². The minimum atomic E-state index is -0.928. The zero-order chi connectivity index (χ0) is 26.9. The Hall–Kier alpha value is -3.63. The second-order valence-corrected chi connectivity index (χ2v) is 11.0. The zero-order valence-corrected chi connectivity index (χ0v) is 21.8. The van der Waals surface area contributed by atoms with Crippen molar-refractivity contribution in [2.75, 3.05) is 19.6 Å². The molecular formula is C27H34N6O4. The highest BCUT2D eigenvalue weighted by atomic mass is 16.6. The fourth-order valence-corrected chi connectivity index (χ4v) is 5.62. The van der Waals surface area contributed by atoms with Crippen LogP contribution in [0.3, 0.4) is 0 Å². The van der Waals surface area contributed by atoms with Gasteiger partial charge in [0.15, 0.2) is 5.69 Å². The molecule has 0 unspecified atom stereocenters. The van der Waals surface area contributed by atoms with Gasteiger partial charge in [-0.25, -0.2) is 9.64 Å². The summed E-state index contributed by atoms with van der Waals surface area (Å²) in [6, 6.07) is 7.50. The molecule has 3 fully saturated rings. The maximum Gasteiger partial charge on any atom is 0.408 e. The lowest BCUT2D eigenvalue weighted by Crippen LogP contribution is -2.59. The van der Waals surface area contributed by atoms with Gasteiger partial charge in [0.05, 0.1) is 24.7 Å². The van der Waals surface area contributed by atoms with Crippen LogP contribution in [0.4, 0.5) is 10.5 Å². The second-order valence-electron chi connectivity index (χ2n) is 11.0. The van der Waals surface area contributed by atoms with Crippen molar-refractivity contribution in [2.45, 2.75) is 82.8 Å². The fraction of sp³-hybridized carbons (Fsp3) is 0.593. The van der Waals surface area contributed by atoms with E-state index in [-0.39, 0.29) is 36.5 Å². The number of fused-ring (bicyclic) bond motifs is 2. The maximum atomic E-state index is 13.5. The largest absolute Gasteiger partial charge is 0.444 e. The molecule has 0 spiro atoms. The Kier molecular flexibility index (Phi) is 7.42. The van der Waals surface area contributed by atoms with E-state index in [1.807, 2.05) is 28.9 Å². The molecule has 0 aliphatic carbocycles. The van der Waals surface area contributed by atoms with Crippen molar-refractivity contribution in [3.8, 4) is 6.07 Å². The van der Waals surface area contributed by atoms with Gasteiger partial charge in [-0.05, 0) is 52.5 Å². The first-order valence-electron chi connectivity index (χ1n) is 12.8. The van der Waals surface area contributed by atoms with Crippen LogP contribution in [0.5, 0.6) is 0 Å². The van der Waals surface area contributed by atoms with Crippen LogP contribution in [-0.4, -0.2) is 82.0 Å². The molecule has 0 saturated carbocycles. The zero-order valence-electron chi connectivity index (χ0n) is 21.8. The van der Waals surface area contributed by atoms with Gasteiger partial charge in [0.1, 0.15) is 17.7 Å². The summed E-state index contributed by atoms with van der Waals surface area (Å²) in [7, 11) is 0. The van der Waals surface area contributed by atoms with E-state index in [0.717, 1.165) is 12.0 Å². The molecule has 1 aromatic rings. The van der Waals surface area contributed by atoms with Crippen LogP contribution in [0.2, 0.25) is 0 Å². The van der Waals surface area contributed by atoms with Crippen molar-refractivity contribution in [3.63, 3.8) is 0 Å². The van der Waals surface area contributed by atoms with Crippen molar-refractivity contribution in [1.82, 2.24) is 20.0 Å². The first-order valence-corrected chi connectivity index (χ1v) is 12.8. The summed E-state index contributed by atoms with van der Waals surface area (Å²) in [5, 5.41) is 12.2. The molecule has 3 aliphatic heterocycles. The van der Waals surface area contributed by atoms with Crippen LogP contribution in [0.1, 0.15) is 58.6 Å². The second kappa shape index (κ2) is 10.4. The molecule has 10 nitrogen and oxygen atoms in total. The van der Waals surface area contributed by atoms with Crippen LogP contribution in [0.25, 0.3) is 4.85 Å². The smallest absolute Gasteiger partial charge is 0.408 e. The van der Waals surface area contributed by atoms with Gasteiger partial charge < -0.3 is 19.9 Å². The Bertz CT molecular complexity index is 1130. The summed E-state index contributed by atoms with van der Waals surface area (Å²) in [4.78, 5) is 48.3. The normalized spacial score (nSPS) is 24.9. The molecular weight excluding hydrogens is 472 g/mol. The number of likely N-dealkylation sites (tertiary alicyclic amines) is 3. The number of nitrogens with one attached hydrogen (secondary N) is 1. The summed E-state index contributed by atoms with van der Waals surface area (Å²) < 4.78 is 5.40. The summed E-state index contributed by atoms with van der Waals surface area (Å²) in [5.74, 6) is -0.326. The van der Waals surface area contributed by atoms with E-state index in [0.29, 0.717) is 31.6 Å². The van der Waals surface area contributed by atoms with E-state index in [2.05, 4.69) is 16.2 Å². The van der Waals surface area contributed by atoms with E-state index in [1.54, 1.807) is 32.9 Å². The average Bonchev–Trinajstić information content (AvgIpc) is 3.56. The lowest BCUT2D eigenvalue weighted by atomic mass is 10.0. The monoisotopic (exact) mass is 506 g/mol. The Morgan fingerprint density at radius 2 is 2.00 bits per heavy atom. The van der Waals surface area contributed by atoms with Gasteiger partial charge in [0, 0.05) is 25.7 Å². The molecule has 5 atom stereocenters. The Morgan fingerprint density at radius 1 is 1.30 bits per heavy atom. The molecule has 3 heterocycles. The van der Waals surface area contributed by atoms with Gasteiger partial charge in [-0.2, -0.15) is 5.26 Å². The van der Waals surface area contributed by atoms with E-state index in [1.165, 1.54) is 4.90 Å². The Morgan fingerprint density at radius 3 is 2.59 bits per heavy atom. The number of hydrogen-bond acceptors (Lipinski definition) is 6. The first kappa shape index (κ1) is 26.4. The number of nitriles is 1. The molecule has 0 aromatic heterocycles. The lowest BCUT2D eigenvalue weighted by Gasteiger charge is -2.39. The third kappa shape index (κ3) is 5.55. The van der Waals surface area contributed by atoms with E-state index < -0.39 is 23.8 Å². The van der Waals surface area contributed by atoms with Crippen LogP contribution < -0.4 is 5.32 Å². The number of piperazine rings is 1.